The van der Waals surface area contributed by atoms with Crippen molar-refractivity contribution in [2.24, 2.45) is 49.2 Å². The molecule has 0 heterocycles. The average Bonchev–Trinajstić information content (AvgIpc) is 2.83. The van der Waals surface area contributed by atoms with Crippen molar-refractivity contribution in [3.8, 4) is 12.3 Å². The van der Waals surface area contributed by atoms with Crippen molar-refractivity contribution in [3.05, 3.63) is 23.3 Å². The number of nitrogens with one attached hydrogen (secondary N) is 1. The second-order valence-electron chi connectivity index (χ2n) is 15.5. The van der Waals surface area contributed by atoms with Crippen LogP contribution in [0.4, 0.5) is 0 Å². The maximum atomic E-state index is 14.5. The number of ketones is 2. The summed E-state index contributed by atoms with van der Waals surface area (Å²) >= 11 is 0. The predicted octanol–water partition coefficient (Wildman–Crippen LogP) is 6.04. The molecule has 40 heavy (non-hydrogen) atoms. The number of hydrogen-bond acceptors (Lipinski definition) is 6. The Morgan fingerprint density at radius 2 is 1.65 bits per heavy atom. The predicted molar refractivity (Wildman–Crippen MR) is 154 cm³/mol. The third-order valence-corrected chi connectivity index (χ3v) is 13.7. The Kier molecular flexibility index (Phi) is 6.29. The number of nitriles is 2. The van der Waals surface area contributed by atoms with E-state index in [0.717, 1.165) is 50.5 Å². The Morgan fingerprint density at radius 3 is 2.27 bits per heavy atom. The normalized spacial score (nSPS) is 44.6. The zero-order valence-electron chi connectivity index (χ0n) is 25.3. The van der Waals surface area contributed by atoms with Crippen LogP contribution in [0, 0.1) is 67.6 Å². The fourth-order valence-electron chi connectivity index (χ4n) is 10.3. The third kappa shape index (κ3) is 3.78. The molecule has 5 aliphatic carbocycles. The van der Waals surface area contributed by atoms with E-state index in [-0.39, 0.29) is 51.1 Å². The van der Waals surface area contributed by atoms with Gasteiger partial charge < -0.3 is 0 Å². The number of hydrogen-bond donors (Lipinski definition) is 1. The molecule has 0 aliphatic heterocycles. The summed E-state index contributed by atoms with van der Waals surface area (Å²) in [4.78, 5) is 27.8. The van der Waals surface area contributed by atoms with Gasteiger partial charge in [-0.05, 0) is 79.1 Å². The van der Waals surface area contributed by atoms with Gasteiger partial charge in [-0.2, -0.15) is 10.5 Å². The van der Waals surface area contributed by atoms with Crippen LogP contribution in [0.2, 0.25) is 0 Å². The van der Waals surface area contributed by atoms with Crippen LogP contribution in [-0.4, -0.2) is 27.6 Å². The molecule has 8 heteroatoms. The van der Waals surface area contributed by atoms with Gasteiger partial charge in [0.15, 0.2) is 11.6 Å². The summed E-state index contributed by atoms with van der Waals surface area (Å²) in [5.41, 5.74) is -1.14. The number of carbonyl (C=O) groups is 2. The maximum absolute atomic E-state index is 14.5. The molecule has 7 nitrogen and oxygen atoms in total. The van der Waals surface area contributed by atoms with Crippen molar-refractivity contribution in [2.45, 2.75) is 99.0 Å². The van der Waals surface area contributed by atoms with Gasteiger partial charge in [0.05, 0.1) is 5.57 Å². The highest BCUT2D eigenvalue weighted by Gasteiger charge is 2.70. The van der Waals surface area contributed by atoms with Gasteiger partial charge in [0.2, 0.25) is 6.19 Å². The minimum atomic E-state index is -2.95. The Hall–Kier alpha value is -2.29. The second-order valence-corrected chi connectivity index (χ2v) is 17.5. The van der Waals surface area contributed by atoms with Crippen LogP contribution >= 0.6 is 0 Å². The van der Waals surface area contributed by atoms with Crippen LogP contribution in [0.15, 0.2) is 27.7 Å². The zero-order valence-corrected chi connectivity index (χ0v) is 26.1. The molecule has 8 atom stereocenters. The van der Waals surface area contributed by atoms with E-state index >= 15 is 0 Å². The standard InChI is InChI=1S/C32H44N4O3S/c1-27(2)11-13-32(36-40(8,39)35-19-34)14-12-31(7)25(21(32)17-27)22(37)15-24-29(5)16-20(18-33)26(38)28(3,4)23(29)9-10-30(24,31)6/h15-16,21,23,25H,9-14,17H2,1-8H3,(H,35,36,39)/t21-,23-,25-,29-,30+,31+,32-,40?/m0/s1. The first-order valence-corrected chi connectivity index (χ1v) is 16.6. The molecule has 5 aliphatic rings. The molecule has 0 aromatic carbocycles. The van der Waals surface area contributed by atoms with Crippen molar-refractivity contribution < 1.29 is 13.8 Å². The molecule has 216 valence electrons. The Bertz CT molecular complexity index is 1470. The van der Waals surface area contributed by atoms with E-state index in [4.69, 9.17) is 0 Å². The lowest BCUT2D eigenvalue weighted by Crippen LogP contribution is -2.69. The molecule has 1 unspecified atom stereocenters. The smallest absolute Gasteiger partial charge is 0.215 e. The van der Waals surface area contributed by atoms with Gasteiger partial charge in [-0.15, -0.1) is 4.36 Å². The van der Waals surface area contributed by atoms with Crippen LogP contribution < -0.4 is 4.72 Å². The fourth-order valence-corrected chi connectivity index (χ4v) is 11.6. The van der Waals surface area contributed by atoms with Crippen molar-refractivity contribution in [1.29, 1.82) is 10.5 Å². The number of Topliss-reactive ketones (excluding diaryl/α,β-unsaturated/α-hetero) is 1. The molecule has 5 rings (SSSR count). The van der Waals surface area contributed by atoms with E-state index in [1.807, 2.05) is 26.0 Å². The highest BCUT2D eigenvalue weighted by molar-refractivity contribution is 7.91. The molecule has 3 fully saturated rings. The highest BCUT2D eigenvalue weighted by Crippen LogP contribution is 2.73. The van der Waals surface area contributed by atoms with E-state index in [1.54, 1.807) is 6.19 Å². The summed E-state index contributed by atoms with van der Waals surface area (Å²) in [7, 11) is -2.95. The van der Waals surface area contributed by atoms with Gasteiger partial charge in [-0.3, -0.25) is 9.59 Å². The minimum absolute atomic E-state index is 0.00667. The van der Waals surface area contributed by atoms with Crippen LogP contribution in [-0.2, 0) is 19.5 Å². The number of carbonyl (C=O) groups excluding carboxylic acids is 2. The molecule has 3 saturated carbocycles. The quantitative estimate of drug-likeness (QED) is 0.410. The number of fused-ring (bicyclic) bond motifs is 7. The van der Waals surface area contributed by atoms with Crippen LogP contribution in [0.5, 0.6) is 0 Å². The minimum Gasteiger partial charge on any atom is -0.295 e. The van der Waals surface area contributed by atoms with Crippen molar-refractivity contribution in [2.75, 3.05) is 6.26 Å². The lowest BCUT2D eigenvalue weighted by atomic mass is 9.35. The van der Waals surface area contributed by atoms with Crippen molar-refractivity contribution in [1.82, 2.24) is 4.72 Å². The van der Waals surface area contributed by atoms with Crippen LogP contribution in [0.25, 0.3) is 0 Å². The fraction of sp³-hybridized carbons (Fsp3) is 0.750. The van der Waals surface area contributed by atoms with Gasteiger partial charge >= 0.3 is 0 Å². The lowest BCUT2D eigenvalue weighted by molar-refractivity contribution is -0.159. The first kappa shape index (κ1) is 29.2. The number of allylic oxidation sites excluding steroid dienone is 4. The summed E-state index contributed by atoms with van der Waals surface area (Å²) < 4.78 is 20.5. The van der Waals surface area contributed by atoms with E-state index in [2.05, 4.69) is 49.8 Å². The van der Waals surface area contributed by atoms with Gasteiger partial charge in [0.25, 0.3) is 0 Å². The molecule has 0 radical (unpaired) electrons. The number of rotatable bonds is 2. The largest absolute Gasteiger partial charge is 0.295 e. The lowest BCUT2D eigenvalue weighted by Gasteiger charge is -2.69. The average molecular weight is 565 g/mol. The maximum Gasteiger partial charge on any atom is 0.215 e. The SMILES string of the molecule is CC1(C)CC[C@]2(NS(C)(=O)=NC#N)CC[C@]3(C)[C@H](C(=O)C=C4[C@@]5(C)C=C(C#N)C(=O)C(C)(C)[C@@H]5CC[C@]43C)[C@@H]2C1. The summed E-state index contributed by atoms with van der Waals surface area (Å²) in [6.07, 6.45) is 12.8. The Balaban J connectivity index is 1.69. The van der Waals surface area contributed by atoms with Gasteiger partial charge in [-0.25, -0.2) is 8.93 Å². The molecule has 0 bridgehead atoms. The first-order chi connectivity index (χ1) is 18.3. The van der Waals surface area contributed by atoms with Crippen LogP contribution in [0.3, 0.4) is 0 Å². The molecule has 0 saturated heterocycles. The summed E-state index contributed by atoms with van der Waals surface area (Å²) in [5, 5.41) is 19.1. The molecule has 0 amide bonds. The second kappa shape index (κ2) is 8.62. The molecule has 0 aromatic heterocycles. The van der Waals surface area contributed by atoms with E-state index in [0.29, 0.717) is 0 Å². The molecular formula is C32H44N4O3S. The van der Waals surface area contributed by atoms with Gasteiger partial charge in [0, 0.05) is 28.5 Å². The highest BCUT2D eigenvalue weighted by atomic mass is 32.2. The van der Waals surface area contributed by atoms with E-state index in [1.165, 1.54) is 6.26 Å². The van der Waals surface area contributed by atoms with Gasteiger partial charge in [-0.1, -0.05) is 60.1 Å². The molecular weight excluding hydrogens is 520 g/mol. The summed E-state index contributed by atoms with van der Waals surface area (Å²) in [6.45, 7) is 15.2. The van der Waals surface area contributed by atoms with E-state index in [9.17, 15) is 24.3 Å². The Morgan fingerprint density at radius 1 is 1.00 bits per heavy atom. The Labute approximate surface area is 240 Å². The summed E-state index contributed by atoms with van der Waals surface area (Å²) in [5.74, 6) is -0.306. The number of nitrogens with zero attached hydrogens (tertiary/aromatic N) is 3. The molecule has 0 spiro atoms. The van der Waals surface area contributed by atoms with Crippen molar-refractivity contribution >= 4 is 21.5 Å². The topological polar surface area (TPSA) is 123 Å². The molecule has 1 N–H and O–H groups in total. The summed E-state index contributed by atoms with van der Waals surface area (Å²) in [6, 6.07) is 2.17. The molecule has 0 aromatic rings. The van der Waals surface area contributed by atoms with Crippen LogP contribution in [0.1, 0.15) is 93.4 Å². The third-order valence-electron chi connectivity index (χ3n) is 12.5. The monoisotopic (exact) mass is 564 g/mol. The van der Waals surface area contributed by atoms with Gasteiger partial charge in [0.1, 0.15) is 16.0 Å². The van der Waals surface area contributed by atoms with Crippen molar-refractivity contribution in [3.63, 3.8) is 0 Å². The first-order valence-electron chi connectivity index (χ1n) is 14.7. The zero-order chi connectivity index (χ0) is 29.7. The van der Waals surface area contributed by atoms with E-state index < -0.39 is 26.3 Å².